The Morgan fingerprint density at radius 3 is 2.31 bits per heavy atom. The van der Waals surface area contributed by atoms with Gasteiger partial charge in [-0.25, -0.2) is 18.2 Å². The van der Waals surface area contributed by atoms with Gasteiger partial charge in [-0.15, -0.1) is 0 Å². The summed E-state index contributed by atoms with van der Waals surface area (Å²) in [6, 6.07) is 3.31. The van der Waals surface area contributed by atoms with E-state index in [4.69, 9.17) is 5.73 Å². The van der Waals surface area contributed by atoms with Crippen molar-refractivity contribution in [3.05, 3.63) is 53.6 Å². The van der Waals surface area contributed by atoms with Gasteiger partial charge >= 0.3 is 12.1 Å². The second-order valence-electron chi connectivity index (χ2n) is 6.29. The van der Waals surface area contributed by atoms with Gasteiger partial charge < -0.3 is 10.5 Å². The lowest BCUT2D eigenvalue weighted by Gasteiger charge is -2.21. The quantitative estimate of drug-likeness (QED) is 0.532. The maximum absolute atomic E-state index is 15.1. The number of ether oxygens (including phenoxy) is 1. The topological polar surface area (TPSA) is 93.9 Å². The van der Waals surface area contributed by atoms with Gasteiger partial charge in [-0.1, -0.05) is 0 Å². The number of aromatic nitrogens is 3. The molecule has 32 heavy (non-hydrogen) atoms. The minimum Gasteiger partial charge on any atom is -0.486 e. The van der Waals surface area contributed by atoms with Crippen molar-refractivity contribution >= 4 is 5.91 Å². The lowest BCUT2D eigenvalue weighted by Crippen LogP contribution is -2.41. The van der Waals surface area contributed by atoms with Crippen molar-refractivity contribution in [2.45, 2.75) is 12.1 Å². The molecule has 3 rings (SSSR count). The van der Waals surface area contributed by atoms with Crippen LogP contribution in [0.1, 0.15) is 10.6 Å². The van der Waals surface area contributed by atoms with Gasteiger partial charge in [0.2, 0.25) is 5.82 Å². The molecule has 0 aliphatic carbocycles. The number of nitrogens with two attached hydrogens (primary N) is 1. The molecule has 1 aromatic heterocycles. The number of rotatable bonds is 6. The predicted octanol–water partition coefficient (Wildman–Crippen LogP) is 4.23. The van der Waals surface area contributed by atoms with Crippen LogP contribution in [0.25, 0.3) is 22.5 Å². The molecule has 0 radical (unpaired) electrons. The average Bonchev–Trinajstić information content (AvgIpc) is 3.17. The van der Waals surface area contributed by atoms with Gasteiger partial charge in [-0.05, 0) is 30.3 Å². The van der Waals surface area contributed by atoms with E-state index in [1.807, 2.05) is 0 Å². The Morgan fingerprint density at radius 2 is 1.72 bits per heavy atom. The van der Waals surface area contributed by atoms with Crippen LogP contribution in [-0.4, -0.2) is 39.8 Å². The van der Waals surface area contributed by atoms with Crippen molar-refractivity contribution in [3.63, 3.8) is 0 Å². The Hall–Kier alpha value is -3.71. The van der Waals surface area contributed by atoms with Gasteiger partial charge in [-0.2, -0.15) is 27.1 Å². The van der Waals surface area contributed by atoms with E-state index in [9.17, 15) is 35.5 Å². The van der Waals surface area contributed by atoms with E-state index < -0.39 is 76.2 Å². The van der Waals surface area contributed by atoms with E-state index in [0.717, 1.165) is 6.07 Å². The number of aromatic amines is 1. The van der Waals surface area contributed by atoms with E-state index in [1.54, 1.807) is 0 Å². The fourth-order valence-electron chi connectivity index (χ4n) is 2.54. The fraction of sp³-hybridized carbons (Fsp3) is 0.167. The molecular weight excluding hydrogens is 456 g/mol. The zero-order valence-electron chi connectivity index (χ0n) is 15.4. The largest absolute Gasteiger partial charge is 0.486 e. The third kappa shape index (κ3) is 4.33. The zero-order valence-corrected chi connectivity index (χ0v) is 15.4. The van der Waals surface area contributed by atoms with Crippen molar-refractivity contribution in [1.29, 1.82) is 0 Å². The number of primary amides is 1. The van der Waals surface area contributed by atoms with Crippen LogP contribution >= 0.6 is 0 Å². The number of H-pyrrole nitrogens is 1. The first kappa shape index (κ1) is 23.0. The number of amides is 1. The van der Waals surface area contributed by atoms with E-state index in [1.165, 1.54) is 0 Å². The van der Waals surface area contributed by atoms with Gasteiger partial charge in [0, 0.05) is 5.56 Å². The number of nitrogens with one attached hydrogen (secondary N) is 1. The number of alkyl halides is 5. The van der Waals surface area contributed by atoms with E-state index in [2.05, 4.69) is 19.9 Å². The zero-order chi connectivity index (χ0) is 23.8. The molecular formula is C18H10F8N4O2. The summed E-state index contributed by atoms with van der Waals surface area (Å²) < 4.78 is 111. The minimum atomic E-state index is -5.95. The van der Waals surface area contributed by atoms with Gasteiger partial charge in [0.25, 0.3) is 5.91 Å². The maximum atomic E-state index is 15.1. The van der Waals surface area contributed by atoms with Gasteiger partial charge in [0.05, 0.1) is 11.1 Å². The van der Waals surface area contributed by atoms with Crippen LogP contribution in [0.5, 0.6) is 5.75 Å². The van der Waals surface area contributed by atoms with Crippen molar-refractivity contribution in [2.24, 2.45) is 5.73 Å². The number of hydrogen-bond acceptors (Lipinski definition) is 4. The summed E-state index contributed by atoms with van der Waals surface area (Å²) in [5.41, 5.74) is 2.68. The third-order valence-corrected chi connectivity index (χ3v) is 4.09. The number of nitrogens with zero attached hydrogens (tertiary/aromatic N) is 2. The number of carbonyl (C=O) groups excluding carboxylic acids is 1. The van der Waals surface area contributed by atoms with Crippen LogP contribution in [-0.2, 0) is 0 Å². The van der Waals surface area contributed by atoms with E-state index in [-0.39, 0.29) is 0 Å². The van der Waals surface area contributed by atoms with Crippen LogP contribution in [0.3, 0.4) is 0 Å². The van der Waals surface area contributed by atoms with E-state index >= 15 is 4.39 Å². The summed E-state index contributed by atoms with van der Waals surface area (Å²) in [4.78, 5) is 14.7. The molecule has 3 aromatic rings. The Bertz CT molecular complexity index is 1180. The SMILES string of the molecule is NC(=O)c1nc(-c2ccc(F)c(-c3cc(F)ccc3OCC(F)(F)C(F)(F)F)c2F)n[nH]1. The highest BCUT2D eigenvalue weighted by atomic mass is 19.4. The van der Waals surface area contributed by atoms with Crippen LogP contribution in [0.2, 0.25) is 0 Å². The molecule has 0 aliphatic heterocycles. The third-order valence-electron chi connectivity index (χ3n) is 4.09. The summed E-state index contributed by atoms with van der Waals surface area (Å²) in [6.07, 6.45) is -5.95. The Balaban J connectivity index is 2.09. The molecule has 2 aromatic carbocycles. The Labute approximate surface area is 173 Å². The number of hydrogen-bond donors (Lipinski definition) is 2. The molecule has 6 nitrogen and oxygen atoms in total. The highest BCUT2D eigenvalue weighted by Gasteiger charge is 2.58. The fourth-order valence-corrected chi connectivity index (χ4v) is 2.54. The summed E-state index contributed by atoms with van der Waals surface area (Å²) in [5, 5.41) is 5.65. The standard InChI is InChI=1S/C18H10F8N4O2/c19-7-1-4-11(32-6-17(22,23)18(24,25)26)9(5-7)12-10(20)3-2-8(13(12)21)15-28-16(14(27)31)30-29-15/h1-5H,6H2,(H2,27,31)(H,28,29,30). The first-order valence-electron chi connectivity index (χ1n) is 8.39. The molecule has 3 N–H and O–H groups in total. The first-order valence-corrected chi connectivity index (χ1v) is 8.39. The summed E-state index contributed by atoms with van der Waals surface area (Å²) in [6.45, 7) is -2.22. The Morgan fingerprint density at radius 1 is 1.03 bits per heavy atom. The second kappa shape index (κ2) is 8.09. The lowest BCUT2D eigenvalue weighted by atomic mass is 9.99. The normalized spacial score (nSPS) is 12.1. The predicted molar refractivity (Wildman–Crippen MR) is 92.1 cm³/mol. The van der Waals surface area contributed by atoms with Crippen LogP contribution < -0.4 is 10.5 Å². The molecule has 0 saturated carbocycles. The van der Waals surface area contributed by atoms with Crippen molar-refractivity contribution in [2.75, 3.05) is 6.61 Å². The van der Waals surface area contributed by atoms with Crippen LogP contribution in [0.4, 0.5) is 35.1 Å². The molecule has 170 valence electrons. The van der Waals surface area contributed by atoms with E-state index in [0.29, 0.717) is 24.3 Å². The minimum absolute atomic E-state index is 0.458. The van der Waals surface area contributed by atoms with Crippen LogP contribution in [0.15, 0.2) is 30.3 Å². The molecule has 0 fully saturated rings. The van der Waals surface area contributed by atoms with Crippen LogP contribution in [0, 0.1) is 17.5 Å². The molecule has 0 aliphatic rings. The molecule has 0 atom stereocenters. The highest BCUT2D eigenvalue weighted by molar-refractivity contribution is 5.89. The molecule has 0 spiro atoms. The molecule has 0 unspecified atom stereocenters. The molecule has 1 heterocycles. The number of halogens is 8. The van der Waals surface area contributed by atoms with Gasteiger partial charge in [0.1, 0.15) is 23.2 Å². The number of benzene rings is 2. The van der Waals surface area contributed by atoms with Crippen molar-refractivity contribution in [1.82, 2.24) is 15.2 Å². The second-order valence-corrected chi connectivity index (χ2v) is 6.29. The smallest absolute Gasteiger partial charge is 0.456 e. The molecule has 0 saturated heterocycles. The summed E-state index contributed by atoms with van der Waals surface area (Å²) in [5.74, 6) is -12.0. The average molecular weight is 466 g/mol. The monoisotopic (exact) mass is 466 g/mol. The summed E-state index contributed by atoms with van der Waals surface area (Å²) in [7, 11) is 0. The molecule has 1 amide bonds. The molecule has 0 bridgehead atoms. The first-order chi connectivity index (χ1) is 14.8. The summed E-state index contributed by atoms with van der Waals surface area (Å²) >= 11 is 0. The lowest BCUT2D eigenvalue weighted by molar-refractivity contribution is -0.289. The van der Waals surface area contributed by atoms with Crippen molar-refractivity contribution in [3.8, 4) is 28.3 Å². The van der Waals surface area contributed by atoms with Gasteiger partial charge in [-0.3, -0.25) is 9.89 Å². The van der Waals surface area contributed by atoms with Crippen molar-refractivity contribution < 1.29 is 44.7 Å². The molecule has 14 heteroatoms. The number of carbonyl (C=O) groups is 1. The maximum Gasteiger partial charge on any atom is 0.456 e. The van der Waals surface area contributed by atoms with Gasteiger partial charge in [0.15, 0.2) is 12.4 Å². The Kier molecular flexibility index (Phi) is 5.80. The highest BCUT2D eigenvalue weighted by Crippen LogP contribution is 2.40.